The van der Waals surface area contributed by atoms with E-state index < -0.39 is 11.7 Å². The summed E-state index contributed by atoms with van der Waals surface area (Å²) < 4.78 is 5.23. The van der Waals surface area contributed by atoms with E-state index in [4.69, 9.17) is 4.74 Å². The maximum atomic E-state index is 12.0. The Balaban J connectivity index is 2.43. The van der Waals surface area contributed by atoms with E-state index in [2.05, 4.69) is 11.9 Å². The molecule has 4 nitrogen and oxygen atoms in total. The number of amides is 1. The number of rotatable bonds is 3. The minimum Gasteiger partial charge on any atom is -0.444 e. The molecule has 4 heteroatoms. The summed E-state index contributed by atoms with van der Waals surface area (Å²) in [6.45, 7) is 8.84. The van der Waals surface area contributed by atoms with Gasteiger partial charge in [-0.05, 0) is 49.8 Å². The van der Waals surface area contributed by atoms with E-state index in [9.17, 15) is 9.59 Å². The molecule has 0 heterocycles. The van der Waals surface area contributed by atoms with Crippen LogP contribution in [0.4, 0.5) is 10.5 Å². The lowest BCUT2D eigenvalue weighted by atomic mass is 10.0. The van der Waals surface area contributed by atoms with Crippen LogP contribution in [0.15, 0.2) is 49.1 Å². The van der Waals surface area contributed by atoms with Gasteiger partial charge in [0, 0.05) is 5.56 Å². The number of hydrogen-bond acceptors (Lipinski definition) is 3. The number of hydrogen-bond donors (Lipinski definition) is 1. The Labute approximate surface area is 129 Å². The Kier molecular flexibility index (Phi) is 4.31. The average molecular weight is 297 g/mol. The van der Waals surface area contributed by atoms with E-state index >= 15 is 0 Å². The zero-order chi connectivity index (χ0) is 16.3. The molecule has 0 unspecified atom stereocenters. The number of allylic oxidation sites excluding steroid dienone is 1. The minimum atomic E-state index is -0.608. The first-order chi connectivity index (χ1) is 10.3. The van der Waals surface area contributed by atoms with Crippen molar-refractivity contribution in [1.82, 2.24) is 0 Å². The largest absolute Gasteiger partial charge is 0.444 e. The topological polar surface area (TPSA) is 55.4 Å². The first-order valence-electron chi connectivity index (χ1n) is 7.00. The molecule has 0 atom stereocenters. The predicted octanol–water partition coefficient (Wildman–Crippen LogP) is 4.56. The molecule has 1 amide bonds. The van der Waals surface area contributed by atoms with Crippen molar-refractivity contribution in [2.24, 2.45) is 0 Å². The fraction of sp³-hybridized carbons (Fsp3) is 0.222. The number of benzene rings is 2. The van der Waals surface area contributed by atoms with Gasteiger partial charge < -0.3 is 4.74 Å². The molecule has 22 heavy (non-hydrogen) atoms. The molecule has 0 saturated carbocycles. The minimum absolute atomic E-state index is 0.253. The third-order valence-electron chi connectivity index (χ3n) is 2.97. The summed E-state index contributed by atoms with van der Waals surface area (Å²) in [6.07, 6.45) is 0.630. The highest BCUT2D eigenvalue weighted by Gasteiger charge is 2.18. The molecule has 114 valence electrons. The van der Waals surface area contributed by atoms with Crippen LogP contribution in [-0.4, -0.2) is 17.5 Å². The van der Waals surface area contributed by atoms with Crippen LogP contribution in [0.3, 0.4) is 0 Å². The van der Waals surface area contributed by atoms with Crippen LogP contribution in [0.25, 0.3) is 10.8 Å². The van der Waals surface area contributed by atoms with Gasteiger partial charge in [0.25, 0.3) is 0 Å². The van der Waals surface area contributed by atoms with Crippen molar-refractivity contribution in [2.75, 3.05) is 5.32 Å². The van der Waals surface area contributed by atoms with E-state index in [0.717, 1.165) is 10.8 Å². The highest BCUT2D eigenvalue weighted by Crippen LogP contribution is 2.25. The van der Waals surface area contributed by atoms with Crippen molar-refractivity contribution in [3.05, 3.63) is 54.6 Å². The number of fused-ring (bicyclic) bond motifs is 1. The second kappa shape index (κ2) is 6.02. The van der Waals surface area contributed by atoms with Gasteiger partial charge in [0.05, 0.1) is 5.69 Å². The second-order valence-corrected chi connectivity index (χ2v) is 5.94. The Morgan fingerprint density at radius 1 is 1.14 bits per heavy atom. The van der Waals surface area contributed by atoms with Gasteiger partial charge in [0.2, 0.25) is 0 Å². The molecule has 0 fully saturated rings. The third kappa shape index (κ3) is 3.73. The van der Waals surface area contributed by atoms with Crippen molar-refractivity contribution in [3.8, 4) is 0 Å². The fourth-order valence-corrected chi connectivity index (χ4v) is 2.07. The molecule has 0 bridgehead atoms. The number of nitrogens with one attached hydrogen (secondary N) is 1. The first kappa shape index (κ1) is 15.8. The molecule has 2 aromatic carbocycles. The van der Waals surface area contributed by atoms with Gasteiger partial charge in [-0.3, -0.25) is 10.1 Å². The molecule has 0 radical (unpaired) electrons. The van der Waals surface area contributed by atoms with Crippen molar-refractivity contribution < 1.29 is 14.3 Å². The van der Waals surface area contributed by atoms with Crippen molar-refractivity contribution >= 4 is 28.3 Å². The molecular weight excluding hydrogens is 278 g/mol. The van der Waals surface area contributed by atoms with E-state index in [1.807, 2.05) is 24.3 Å². The normalized spacial score (nSPS) is 11.0. The lowest BCUT2D eigenvalue weighted by Crippen LogP contribution is -2.27. The summed E-state index contributed by atoms with van der Waals surface area (Å²) in [6, 6.07) is 11.1. The lowest BCUT2D eigenvalue weighted by molar-refractivity contribution is 0.0636. The number of ether oxygens (including phenoxy) is 1. The predicted molar refractivity (Wildman–Crippen MR) is 88.3 cm³/mol. The number of carbonyl (C=O) groups is 2. The maximum Gasteiger partial charge on any atom is 0.412 e. The third-order valence-corrected chi connectivity index (χ3v) is 2.97. The number of ketones is 1. The van der Waals surface area contributed by atoms with Gasteiger partial charge in [-0.1, -0.05) is 30.8 Å². The van der Waals surface area contributed by atoms with Crippen LogP contribution in [0.1, 0.15) is 31.1 Å². The summed E-state index contributed by atoms with van der Waals surface area (Å²) in [5.41, 5.74) is 0.196. The van der Waals surface area contributed by atoms with Crippen LogP contribution in [0.2, 0.25) is 0 Å². The van der Waals surface area contributed by atoms with Crippen molar-refractivity contribution in [1.29, 1.82) is 0 Å². The van der Waals surface area contributed by atoms with Gasteiger partial charge in [-0.2, -0.15) is 0 Å². The Hall–Kier alpha value is -2.62. The summed E-state index contributed by atoms with van der Waals surface area (Å²) in [5, 5.41) is 4.49. The average Bonchev–Trinajstić information content (AvgIpc) is 2.43. The zero-order valence-corrected chi connectivity index (χ0v) is 13.0. The van der Waals surface area contributed by atoms with E-state index in [-0.39, 0.29) is 5.78 Å². The maximum absolute atomic E-state index is 12.0. The van der Waals surface area contributed by atoms with E-state index in [1.54, 1.807) is 32.9 Å². The Morgan fingerprint density at radius 2 is 1.73 bits per heavy atom. The molecule has 0 aliphatic carbocycles. The Morgan fingerprint density at radius 3 is 2.27 bits per heavy atom. The highest BCUT2D eigenvalue weighted by atomic mass is 16.6. The zero-order valence-electron chi connectivity index (χ0n) is 13.0. The van der Waals surface area contributed by atoms with Crippen LogP contribution >= 0.6 is 0 Å². The summed E-state index contributed by atoms with van der Waals surface area (Å²) in [5.74, 6) is -0.253. The number of anilines is 1. The lowest BCUT2D eigenvalue weighted by Gasteiger charge is -2.20. The van der Waals surface area contributed by atoms with E-state index in [0.29, 0.717) is 11.3 Å². The fourth-order valence-electron chi connectivity index (χ4n) is 2.07. The highest BCUT2D eigenvalue weighted by molar-refractivity contribution is 6.12. The molecule has 2 rings (SSSR count). The molecule has 0 aromatic heterocycles. The SMILES string of the molecule is C=CC(=O)c1cc2ccccc2cc1NC(=O)OC(C)(C)C. The van der Waals surface area contributed by atoms with Gasteiger partial charge in [0.1, 0.15) is 5.60 Å². The van der Waals surface area contributed by atoms with Crippen molar-refractivity contribution in [3.63, 3.8) is 0 Å². The summed E-state index contributed by atoms with van der Waals surface area (Å²) >= 11 is 0. The van der Waals surface area contributed by atoms with Crippen LogP contribution in [0.5, 0.6) is 0 Å². The summed E-state index contributed by atoms with van der Waals surface area (Å²) in [4.78, 5) is 24.0. The van der Waals surface area contributed by atoms with Crippen LogP contribution in [-0.2, 0) is 4.74 Å². The molecular formula is C18H19NO3. The van der Waals surface area contributed by atoms with Crippen LogP contribution in [0, 0.1) is 0 Å². The van der Waals surface area contributed by atoms with E-state index in [1.165, 1.54) is 6.08 Å². The van der Waals surface area contributed by atoms with Crippen molar-refractivity contribution in [2.45, 2.75) is 26.4 Å². The first-order valence-corrected chi connectivity index (χ1v) is 7.00. The smallest absolute Gasteiger partial charge is 0.412 e. The Bertz CT molecular complexity index is 742. The molecule has 0 spiro atoms. The molecule has 0 saturated heterocycles. The van der Waals surface area contributed by atoms with Gasteiger partial charge in [-0.25, -0.2) is 4.79 Å². The second-order valence-electron chi connectivity index (χ2n) is 5.94. The molecule has 2 aromatic rings. The quantitative estimate of drug-likeness (QED) is 0.667. The summed E-state index contributed by atoms with van der Waals surface area (Å²) in [7, 11) is 0. The van der Waals surface area contributed by atoms with Gasteiger partial charge >= 0.3 is 6.09 Å². The van der Waals surface area contributed by atoms with Gasteiger partial charge in [-0.15, -0.1) is 0 Å². The van der Waals surface area contributed by atoms with Crippen LogP contribution < -0.4 is 5.32 Å². The molecule has 0 aliphatic rings. The molecule has 1 N–H and O–H groups in total. The number of carbonyl (C=O) groups excluding carboxylic acids is 2. The standard InChI is InChI=1S/C18H19NO3/c1-5-16(20)14-10-12-8-6-7-9-13(12)11-15(14)19-17(21)22-18(2,3)4/h5-11H,1H2,2-4H3,(H,19,21). The monoisotopic (exact) mass is 297 g/mol. The molecule has 0 aliphatic heterocycles. The van der Waals surface area contributed by atoms with Gasteiger partial charge in [0.15, 0.2) is 5.78 Å².